The van der Waals surface area contributed by atoms with E-state index in [9.17, 15) is 4.39 Å². The zero-order valence-corrected chi connectivity index (χ0v) is 17.1. The van der Waals surface area contributed by atoms with Crippen LogP contribution in [-0.4, -0.2) is 56.9 Å². The fraction of sp³-hybridized carbons (Fsp3) is 0.381. The van der Waals surface area contributed by atoms with Crippen LogP contribution in [0.1, 0.15) is 25.5 Å². The molecular weight excluding hydrogens is 403 g/mol. The Balaban J connectivity index is 1.69. The molecule has 1 aromatic carbocycles. The van der Waals surface area contributed by atoms with Crippen LogP contribution < -0.4 is 11.1 Å². The highest BCUT2D eigenvalue weighted by molar-refractivity contribution is 5.77. The second-order valence-electron chi connectivity index (χ2n) is 7.73. The van der Waals surface area contributed by atoms with E-state index in [2.05, 4.69) is 25.3 Å². The van der Waals surface area contributed by atoms with Gasteiger partial charge in [0.1, 0.15) is 5.82 Å². The van der Waals surface area contributed by atoms with E-state index in [4.69, 9.17) is 20.3 Å². The minimum Gasteiger partial charge on any atom is -0.396 e. The van der Waals surface area contributed by atoms with Gasteiger partial charge in [0.25, 0.3) is 0 Å². The molecule has 0 saturated carbocycles. The Morgan fingerprint density at radius 1 is 1.23 bits per heavy atom. The molecule has 1 fully saturated rings. The molecule has 0 atom stereocenters. The first-order valence-corrected chi connectivity index (χ1v) is 10.0. The molecule has 3 aromatic rings. The van der Waals surface area contributed by atoms with Gasteiger partial charge in [-0.15, -0.1) is 0 Å². The number of halogens is 1. The van der Waals surface area contributed by atoms with Gasteiger partial charge in [0.2, 0.25) is 12.2 Å². The largest absolute Gasteiger partial charge is 0.396 e. The van der Waals surface area contributed by atoms with Crippen LogP contribution in [0.15, 0.2) is 36.5 Å². The number of nitrogens with two attached hydrogens (primary N) is 1. The second kappa shape index (κ2) is 9.06. The van der Waals surface area contributed by atoms with E-state index in [0.717, 1.165) is 0 Å². The molecule has 0 bridgehead atoms. The van der Waals surface area contributed by atoms with Crippen LogP contribution in [0.3, 0.4) is 0 Å². The monoisotopic (exact) mass is 428 g/mol. The van der Waals surface area contributed by atoms with Crippen LogP contribution in [0.2, 0.25) is 0 Å². The molecule has 1 aliphatic heterocycles. The molecule has 1 saturated heterocycles. The van der Waals surface area contributed by atoms with Crippen molar-refractivity contribution in [3.8, 4) is 22.6 Å². The molecule has 4 rings (SSSR count). The van der Waals surface area contributed by atoms with Gasteiger partial charge in [-0.25, -0.2) is 19.3 Å². The number of benzene rings is 1. The smallest absolute Gasteiger partial charge is 0.223 e. The summed E-state index contributed by atoms with van der Waals surface area (Å²) in [5.74, 6) is 0.564. The number of ether oxygens (including phenoxy) is 2. The van der Waals surface area contributed by atoms with Gasteiger partial charge in [-0.3, -0.25) is 0 Å². The number of aliphatic hydroxyl groups is 1. The first-order chi connectivity index (χ1) is 14.9. The van der Waals surface area contributed by atoms with Crippen molar-refractivity contribution in [2.24, 2.45) is 5.73 Å². The first kappa shape index (κ1) is 21.3. The zero-order chi connectivity index (χ0) is 21.8. The number of imidazole rings is 1. The Labute approximate surface area is 178 Å². The van der Waals surface area contributed by atoms with Gasteiger partial charge in [-0.2, -0.15) is 0 Å². The van der Waals surface area contributed by atoms with E-state index in [0.29, 0.717) is 60.6 Å². The number of rotatable bonds is 7. The maximum atomic E-state index is 13.5. The highest BCUT2D eigenvalue weighted by Crippen LogP contribution is 2.33. The lowest BCUT2D eigenvalue weighted by Gasteiger charge is -2.33. The quantitative estimate of drug-likeness (QED) is 0.421. The lowest BCUT2D eigenvalue weighted by Crippen LogP contribution is -2.50. The van der Waals surface area contributed by atoms with Crippen molar-refractivity contribution >= 4 is 5.95 Å². The Hall–Kier alpha value is -2.92. The number of hydrogen-bond donors (Lipinski definition) is 4. The van der Waals surface area contributed by atoms with E-state index in [1.165, 1.54) is 12.1 Å². The van der Waals surface area contributed by atoms with Crippen LogP contribution >= 0.6 is 0 Å². The second-order valence-corrected chi connectivity index (χ2v) is 7.73. The Kier molecular flexibility index (Phi) is 6.23. The molecule has 5 N–H and O–H groups in total. The highest BCUT2D eigenvalue weighted by atomic mass is 19.1. The van der Waals surface area contributed by atoms with Crippen molar-refractivity contribution in [3.05, 3.63) is 48.2 Å². The predicted molar refractivity (Wildman–Crippen MR) is 112 cm³/mol. The molecular formula is C21H25FN6O3. The molecule has 0 aliphatic carbocycles. The van der Waals surface area contributed by atoms with Crippen LogP contribution in [0, 0.1) is 5.82 Å². The van der Waals surface area contributed by atoms with Gasteiger partial charge >= 0.3 is 0 Å². The van der Waals surface area contributed by atoms with Crippen molar-refractivity contribution in [1.29, 1.82) is 0 Å². The third-order valence-electron chi connectivity index (χ3n) is 4.72. The summed E-state index contributed by atoms with van der Waals surface area (Å²) in [6.07, 6.45) is 1.51. The van der Waals surface area contributed by atoms with Gasteiger partial charge in [-0.1, -0.05) is 0 Å². The molecule has 31 heavy (non-hydrogen) atoms. The number of aromatic amines is 1. The summed E-state index contributed by atoms with van der Waals surface area (Å²) in [7, 11) is 0. The van der Waals surface area contributed by atoms with Gasteiger partial charge in [-0.05, 0) is 43.7 Å². The highest BCUT2D eigenvalue weighted by Gasteiger charge is 2.32. The van der Waals surface area contributed by atoms with Crippen molar-refractivity contribution in [1.82, 2.24) is 19.9 Å². The van der Waals surface area contributed by atoms with E-state index in [1.807, 2.05) is 6.92 Å². The molecule has 0 radical (unpaired) electrons. The topological polar surface area (TPSA) is 131 Å². The number of nitrogens with zero attached hydrogens (tertiary/aromatic N) is 3. The summed E-state index contributed by atoms with van der Waals surface area (Å²) in [4.78, 5) is 16.7. The number of hydrogen-bond acceptors (Lipinski definition) is 8. The minimum atomic E-state index is -0.700. The summed E-state index contributed by atoms with van der Waals surface area (Å²) < 4.78 is 25.0. The van der Waals surface area contributed by atoms with Crippen LogP contribution in [-0.2, 0) is 9.47 Å². The average Bonchev–Trinajstić information content (AvgIpc) is 3.20. The zero-order valence-electron chi connectivity index (χ0n) is 17.1. The predicted octanol–water partition coefficient (Wildman–Crippen LogP) is 2.23. The van der Waals surface area contributed by atoms with Crippen LogP contribution in [0.5, 0.6) is 0 Å². The third kappa shape index (κ3) is 5.05. The molecule has 2 aromatic heterocycles. The standard InChI is InChI=1S/C21H25FN6O3/c1-21(23)11-30-19(31-12-21)18-27-16(13-3-5-14(22)6-4-13)17(28-18)15-7-9-25-20(26-15)24-8-2-10-29/h3-7,9,19,29H,2,8,10-12,23H2,1H3,(H,27,28)(H,24,25,26). The van der Waals surface area contributed by atoms with E-state index in [-0.39, 0.29) is 12.4 Å². The van der Waals surface area contributed by atoms with Crippen molar-refractivity contribution in [2.45, 2.75) is 25.2 Å². The van der Waals surface area contributed by atoms with Gasteiger partial charge in [0, 0.05) is 24.9 Å². The Morgan fingerprint density at radius 3 is 2.68 bits per heavy atom. The molecule has 10 heteroatoms. The summed E-state index contributed by atoms with van der Waals surface area (Å²) in [5.41, 5.74) is 8.02. The fourth-order valence-corrected chi connectivity index (χ4v) is 3.15. The lowest BCUT2D eigenvalue weighted by atomic mass is 10.1. The number of aromatic nitrogens is 4. The molecule has 164 valence electrons. The molecule has 0 amide bonds. The van der Waals surface area contributed by atoms with Gasteiger partial charge in [0.05, 0.1) is 35.8 Å². The van der Waals surface area contributed by atoms with Crippen LogP contribution in [0.4, 0.5) is 10.3 Å². The van der Waals surface area contributed by atoms with Gasteiger partial charge < -0.3 is 30.6 Å². The van der Waals surface area contributed by atoms with Crippen molar-refractivity contribution in [3.63, 3.8) is 0 Å². The Bertz CT molecular complexity index is 1010. The lowest BCUT2D eigenvalue weighted by molar-refractivity contribution is -0.211. The van der Waals surface area contributed by atoms with Crippen LogP contribution in [0.25, 0.3) is 22.6 Å². The fourth-order valence-electron chi connectivity index (χ4n) is 3.15. The van der Waals surface area contributed by atoms with E-state index in [1.54, 1.807) is 24.4 Å². The number of aliphatic hydroxyl groups excluding tert-OH is 1. The van der Waals surface area contributed by atoms with Crippen molar-refractivity contribution < 1.29 is 19.0 Å². The minimum absolute atomic E-state index is 0.0779. The molecule has 0 unspecified atom stereocenters. The first-order valence-electron chi connectivity index (χ1n) is 10.0. The normalized spacial score (nSPS) is 21.2. The molecule has 0 spiro atoms. The molecule has 1 aliphatic rings. The van der Waals surface area contributed by atoms with E-state index >= 15 is 0 Å². The SMILES string of the molecule is CC1(N)COC(c2nc(-c3ccc(F)cc3)c(-c3ccnc(NCCCO)n3)[nH]2)OC1. The van der Waals surface area contributed by atoms with E-state index < -0.39 is 11.8 Å². The molecule has 9 nitrogen and oxygen atoms in total. The summed E-state index contributed by atoms with van der Waals surface area (Å²) in [5, 5.41) is 12.0. The summed E-state index contributed by atoms with van der Waals surface area (Å²) in [6, 6.07) is 7.81. The van der Waals surface area contributed by atoms with Crippen molar-refractivity contribution in [2.75, 3.05) is 31.7 Å². The summed E-state index contributed by atoms with van der Waals surface area (Å²) in [6.45, 7) is 3.13. The Morgan fingerprint density at radius 2 is 1.97 bits per heavy atom. The number of nitrogens with one attached hydrogen (secondary N) is 2. The average molecular weight is 428 g/mol. The maximum Gasteiger partial charge on any atom is 0.223 e. The third-order valence-corrected chi connectivity index (χ3v) is 4.72. The summed E-state index contributed by atoms with van der Waals surface area (Å²) >= 11 is 0. The van der Waals surface area contributed by atoms with Gasteiger partial charge in [0.15, 0.2) is 5.82 Å². The number of H-pyrrole nitrogens is 1. The number of anilines is 1. The molecule has 3 heterocycles. The maximum absolute atomic E-state index is 13.5.